The maximum absolute atomic E-state index is 13.7. The van der Waals surface area contributed by atoms with E-state index in [1.807, 2.05) is 6.07 Å². The first-order valence-corrected chi connectivity index (χ1v) is 7.71. The number of fused-ring (bicyclic) bond motifs is 1. The molecule has 5 nitrogen and oxygen atoms in total. The highest BCUT2D eigenvalue weighted by atomic mass is 19.1. The van der Waals surface area contributed by atoms with Crippen molar-refractivity contribution in [2.45, 2.75) is 6.42 Å². The van der Waals surface area contributed by atoms with Crippen molar-refractivity contribution in [3.63, 3.8) is 0 Å². The second-order valence-electron chi connectivity index (χ2n) is 5.57. The van der Waals surface area contributed by atoms with Crippen LogP contribution < -0.4 is 4.74 Å². The fourth-order valence-electron chi connectivity index (χ4n) is 2.96. The molecule has 122 valence electrons. The molecule has 3 aromatic rings. The van der Waals surface area contributed by atoms with Crippen LogP contribution in [-0.4, -0.2) is 35.3 Å². The van der Waals surface area contributed by atoms with Crippen LogP contribution in [0.15, 0.2) is 36.7 Å². The minimum absolute atomic E-state index is 0.333. The summed E-state index contributed by atoms with van der Waals surface area (Å²) >= 11 is 0. The minimum atomic E-state index is -0.333. The quantitative estimate of drug-likeness (QED) is 0.799. The highest BCUT2D eigenvalue weighted by Gasteiger charge is 2.16. The van der Waals surface area contributed by atoms with Crippen LogP contribution in [0.3, 0.4) is 0 Å². The summed E-state index contributed by atoms with van der Waals surface area (Å²) in [7, 11) is 1.56. The summed E-state index contributed by atoms with van der Waals surface area (Å²) in [4.78, 5) is 12.0. The van der Waals surface area contributed by atoms with Crippen LogP contribution >= 0.6 is 0 Å². The van der Waals surface area contributed by atoms with Crippen molar-refractivity contribution in [2.75, 3.05) is 20.3 Å². The number of aromatic nitrogens is 3. The average Bonchev–Trinajstić information content (AvgIpc) is 3.06. The van der Waals surface area contributed by atoms with E-state index in [0.29, 0.717) is 35.9 Å². The molecule has 0 aliphatic carbocycles. The molecule has 4 rings (SSSR count). The van der Waals surface area contributed by atoms with E-state index in [1.165, 1.54) is 24.0 Å². The average molecular weight is 325 g/mol. The normalized spacial score (nSPS) is 14.7. The number of nitrogens with zero attached hydrogens (tertiary/aromatic N) is 2. The van der Waals surface area contributed by atoms with Gasteiger partial charge in [-0.2, -0.15) is 0 Å². The summed E-state index contributed by atoms with van der Waals surface area (Å²) in [5.74, 6) is 0.241. The number of hydrogen-bond acceptors (Lipinski definition) is 4. The largest absolute Gasteiger partial charge is 0.496 e. The van der Waals surface area contributed by atoms with Crippen molar-refractivity contribution in [3.05, 3.63) is 48.2 Å². The van der Waals surface area contributed by atoms with Crippen LogP contribution in [0.5, 0.6) is 5.75 Å². The van der Waals surface area contributed by atoms with Crippen molar-refractivity contribution in [2.24, 2.45) is 0 Å². The Hall–Kier alpha value is -2.73. The number of rotatable bonds is 3. The number of halogens is 1. The highest BCUT2D eigenvalue weighted by Crippen LogP contribution is 2.35. The zero-order valence-electron chi connectivity index (χ0n) is 13.2. The molecular weight excluding hydrogens is 309 g/mol. The van der Waals surface area contributed by atoms with E-state index in [0.717, 1.165) is 17.5 Å². The van der Waals surface area contributed by atoms with Crippen molar-refractivity contribution >= 4 is 16.6 Å². The number of methoxy groups -OCH3 is 1. The molecule has 2 aromatic heterocycles. The Morgan fingerprint density at radius 2 is 2.17 bits per heavy atom. The smallest absolute Gasteiger partial charge is 0.141 e. The molecule has 0 spiro atoms. The number of hydrogen-bond donors (Lipinski definition) is 1. The van der Waals surface area contributed by atoms with Gasteiger partial charge in [-0.15, -0.1) is 0 Å². The Kier molecular flexibility index (Phi) is 3.74. The third-order valence-electron chi connectivity index (χ3n) is 4.15. The van der Waals surface area contributed by atoms with Crippen molar-refractivity contribution in [3.8, 4) is 17.0 Å². The Morgan fingerprint density at radius 1 is 1.25 bits per heavy atom. The second-order valence-corrected chi connectivity index (χ2v) is 5.57. The van der Waals surface area contributed by atoms with Gasteiger partial charge in [0.1, 0.15) is 23.5 Å². The molecule has 0 unspecified atom stereocenters. The van der Waals surface area contributed by atoms with Gasteiger partial charge in [0.05, 0.1) is 26.0 Å². The van der Waals surface area contributed by atoms with Gasteiger partial charge in [-0.3, -0.25) is 0 Å². The molecule has 1 aliphatic rings. The number of H-pyrrole nitrogens is 1. The molecular formula is C18H16FN3O2. The monoisotopic (exact) mass is 325 g/mol. The van der Waals surface area contributed by atoms with Gasteiger partial charge in [0.15, 0.2) is 0 Å². The Bertz CT molecular complexity index is 933. The van der Waals surface area contributed by atoms with Crippen LogP contribution in [0.25, 0.3) is 27.9 Å². The van der Waals surface area contributed by atoms with Crippen LogP contribution in [0, 0.1) is 5.82 Å². The molecule has 1 aromatic carbocycles. The van der Waals surface area contributed by atoms with Crippen molar-refractivity contribution < 1.29 is 13.9 Å². The molecule has 0 fully saturated rings. The summed E-state index contributed by atoms with van der Waals surface area (Å²) in [6.45, 7) is 1.32. The van der Waals surface area contributed by atoms with Crippen LogP contribution in [0.2, 0.25) is 0 Å². The van der Waals surface area contributed by atoms with Crippen LogP contribution in [0.1, 0.15) is 12.1 Å². The van der Waals surface area contributed by atoms with E-state index in [9.17, 15) is 4.39 Å². The molecule has 1 aliphatic heterocycles. The number of ether oxygens (including phenoxy) is 2. The predicted octanol–water partition coefficient (Wildman–Crippen LogP) is 3.58. The highest BCUT2D eigenvalue weighted by molar-refractivity contribution is 5.94. The van der Waals surface area contributed by atoms with Gasteiger partial charge in [-0.1, -0.05) is 6.08 Å². The van der Waals surface area contributed by atoms with Crippen LogP contribution in [-0.2, 0) is 4.74 Å². The molecule has 24 heavy (non-hydrogen) atoms. The van der Waals surface area contributed by atoms with E-state index in [1.54, 1.807) is 13.2 Å². The first kappa shape index (κ1) is 14.8. The lowest BCUT2D eigenvalue weighted by molar-refractivity contribution is 0.161. The SMILES string of the molecule is COc1ccc(F)cc1-c1ncnc2[nH]c(C3=CCOCC3)cc12. The standard InChI is InChI=1S/C18H16FN3O2/c1-23-16-3-2-12(19)8-13(16)17-14-9-15(11-4-6-24-7-5-11)22-18(14)21-10-20-17/h2-4,8-10H,5-7H2,1H3,(H,20,21,22). The van der Waals surface area contributed by atoms with Gasteiger partial charge in [0, 0.05) is 16.6 Å². The summed E-state index contributed by atoms with van der Waals surface area (Å²) in [6, 6.07) is 6.41. The van der Waals surface area contributed by atoms with Crippen molar-refractivity contribution in [1.29, 1.82) is 0 Å². The molecule has 0 radical (unpaired) electrons. The van der Waals surface area contributed by atoms with Gasteiger partial charge >= 0.3 is 0 Å². The van der Waals surface area contributed by atoms with Gasteiger partial charge in [-0.05, 0) is 36.3 Å². The molecule has 0 bridgehead atoms. The fraction of sp³-hybridized carbons (Fsp3) is 0.222. The number of aromatic amines is 1. The lowest BCUT2D eigenvalue weighted by atomic mass is 10.1. The third-order valence-corrected chi connectivity index (χ3v) is 4.15. The van der Waals surface area contributed by atoms with Gasteiger partial charge in [-0.25, -0.2) is 14.4 Å². The number of nitrogens with one attached hydrogen (secondary N) is 1. The first-order chi connectivity index (χ1) is 11.8. The van der Waals surface area contributed by atoms with E-state index in [-0.39, 0.29) is 5.82 Å². The molecule has 1 N–H and O–H groups in total. The summed E-state index contributed by atoms with van der Waals surface area (Å²) < 4.78 is 24.5. The molecule has 0 atom stereocenters. The molecule has 0 saturated heterocycles. The van der Waals surface area contributed by atoms with Crippen molar-refractivity contribution in [1.82, 2.24) is 15.0 Å². The maximum atomic E-state index is 13.7. The van der Waals surface area contributed by atoms with E-state index >= 15 is 0 Å². The van der Waals surface area contributed by atoms with E-state index in [2.05, 4.69) is 21.0 Å². The maximum Gasteiger partial charge on any atom is 0.141 e. The Labute approximate surface area is 138 Å². The Morgan fingerprint density at radius 3 is 2.96 bits per heavy atom. The third kappa shape index (κ3) is 2.55. The lowest BCUT2D eigenvalue weighted by Gasteiger charge is -2.11. The Balaban J connectivity index is 1.89. The van der Waals surface area contributed by atoms with Gasteiger partial charge in [0.2, 0.25) is 0 Å². The topological polar surface area (TPSA) is 60.0 Å². The fourth-order valence-corrected chi connectivity index (χ4v) is 2.96. The predicted molar refractivity (Wildman–Crippen MR) is 89.2 cm³/mol. The number of benzene rings is 1. The van der Waals surface area contributed by atoms with Gasteiger partial charge < -0.3 is 14.5 Å². The minimum Gasteiger partial charge on any atom is -0.496 e. The zero-order valence-corrected chi connectivity index (χ0v) is 13.2. The molecule has 0 amide bonds. The second kappa shape index (κ2) is 6.05. The molecule has 0 saturated carbocycles. The summed E-state index contributed by atoms with van der Waals surface area (Å²) in [5, 5.41) is 0.837. The lowest BCUT2D eigenvalue weighted by Crippen LogP contribution is -2.03. The summed E-state index contributed by atoms with van der Waals surface area (Å²) in [6.07, 6.45) is 4.38. The van der Waals surface area contributed by atoms with E-state index < -0.39 is 0 Å². The summed E-state index contributed by atoms with van der Waals surface area (Å²) in [5.41, 5.74) is 4.15. The van der Waals surface area contributed by atoms with E-state index in [4.69, 9.17) is 9.47 Å². The first-order valence-electron chi connectivity index (χ1n) is 7.71. The van der Waals surface area contributed by atoms with Gasteiger partial charge in [0.25, 0.3) is 0 Å². The molecule has 6 heteroatoms. The zero-order chi connectivity index (χ0) is 16.5. The molecule has 3 heterocycles. The van der Waals surface area contributed by atoms with Crippen LogP contribution in [0.4, 0.5) is 4.39 Å².